The highest BCUT2D eigenvalue weighted by Crippen LogP contribution is 2.31. The van der Waals surface area contributed by atoms with Crippen molar-refractivity contribution in [2.45, 2.75) is 30.5 Å². The normalized spacial score (nSPS) is 16.5. The molecule has 0 aliphatic carbocycles. The zero-order valence-corrected chi connectivity index (χ0v) is 16.3. The van der Waals surface area contributed by atoms with Crippen molar-refractivity contribution in [1.29, 1.82) is 0 Å². The fourth-order valence-electron chi connectivity index (χ4n) is 3.25. The van der Waals surface area contributed by atoms with E-state index in [1.54, 1.807) is 0 Å². The van der Waals surface area contributed by atoms with Crippen LogP contribution in [0.15, 0.2) is 59.5 Å². The summed E-state index contributed by atoms with van der Waals surface area (Å²) in [4.78, 5) is 12.2. The minimum absolute atomic E-state index is 0.125. The Hall–Kier alpha value is -2.39. The average Bonchev–Trinajstić information content (AvgIpc) is 2.72. The van der Waals surface area contributed by atoms with Crippen LogP contribution in [0.1, 0.15) is 24.0 Å². The number of halogens is 3. The van der Waals surface area contributed by atoms with Crippen molar-refractivity contribution >= 4 is 15.9 Å². The molecule has 5 nitrogen and oxygen atoms in total. The van der Waals surface area contributed by atoms with Crippen LogP contribution in [0.5, 0.6) is 0 Å². The second-order valence-electron chi connectivity index (χ2n) is 6.90. The van der Waals surface area contributed by atoms with E-state index >= 15 is 0 Å². The predicted molar refractivity (Wildman–Crippen MR) is 101 cm³/mol. The van der Waals surface area contributed by atoms with Crippen molar-refractivity contribution in [2.75, 3.05) is 13.1 Å². The first-order valence-corrected chi connectivity index (χ1v) is 10.6. The number of carbonyl (C=O) groups excluding carboxylic acids is 1. The molecule has 0 spiro atoms. The van der Waals surface area contributed by atoms with Gasteiger partial charge in [0.2, 0.25) is 15.9 Å². The number of hydrogen-bond acceptors (Lipinski definition) is 3. The first-order chi connectivity index (χ1) is 13.7. The monoisotopic (exact) mass is 426 g/mol. The molecule has 29 heavy (non-hydrogen) atoms. The van der Waals surface area contributed by atoms with Gasteiger partial charge in [0.05, 0.1) is 10.5 Å². The summed E-state index contributed by atoms with van der Waals surface area (Å²) in [5.41, 5.74) is 0.0772. The molecule has 1 saturated heterocycles. The van der Waals surface area contributed by atoms with Crippen molar-refractivity contribution in [3.8, 4) is 0 Å². The number of nitrogens with one attached hydrogen (secondary N) is 1. The summed E-state index contributed by atoms with van der Waals surface area (Å²) in [5, 5.41) is 2.86. The van der Waals surface area contributed by atoms with Gasteiger partial charge in [0.15, 0.2) is 0 Å². The number of alkyl halides is 3. The fraction of sp³-hybridized carbons (Fsp3) is 0.350. The van der Waals surface area contributed by atoms with Crippen molar-refractivity contribution in [3.05, 3.63) is 65.7 Å². The van der Waals surface area contributed by atoms with E-state index in [-0.39, 0.29) is 29.8 Å². The van der Waals surface area contributed by atoms with E-state index in [9.17, 15) is 26.4 Å². The van der Waals surface area contributed by atoms with Crippen molar-refractivity contribution < 1.29 is 26.4 Å². The number of carbonyl (C=O) groups is 1. The molecule has 1 heterocycles. The Kier molecular flexibility index (Phi) is 6.28. The molecule has 0 atom stereocenters. The van der Waals surface area contributed by atoms with Gasteiger partial charge in [0.25, 0.3) is 0 Å². The third kappa shape index (κ3) is 5.16. The minimum Gasteiger partial charge on any atom is -0.352 e. The molecule has 0 saturated carbocycles. The molecule has 156 valence electrons. The molecule has 0 aromatic heterocycles. The maximum Gasteiger partial charge on any atom is 0.416 e. The Bertz CT molecular complexity index is 937. The molecule has 0 radical (unpaired) electrons. The van der Waals surface area contributed by atoms with Gasteiger partial charge in [-0.05, 0) is 42.7 Å². The second-order valence-corrected chi connectivity index (χ2v) is 8.84. The Morgan fingerprint density at radius 3 is 2.14 bits per heavy atom. The summed E-state index contributed by atoms with van der Waals surface area (Å²) in [5.74, 6) is -0.418. The van der Waals surface area contributed by atoms with Crippen LogP contribution in [0.4, 0.5) is 13.2 Å². The molecule has 2 aromatic carbocycles. The van der Waals surface area contributed by atoms with Gasteiger partial charge in [0.1, 0.15) is 0 Å². The molecule has 1 aliphatic rings. The van der Waals surface area contributed by atoms with Crippen molar-refractivity contribution in [1.82, 2.24) is 9.62 Å². The van der Waals surface area contributed by atoms with Gasteiger partial charge in [-0.3, -0.25) is 4.79 Å². The van der Waals surface area contributed by atoms with Gasteiger partial charge in [-0.2, -0.15) is 17.5 Å². The van der Waals surface area contributed by atoms with Crippen molar-refractivity contribution in [2.24, 2.45) is 5.92 Å². The summed E-state index contributed by atoms with van der Waals surface area (Å²) in [6.07, 6.45) is -3.80. The summed E-state index contributed by atoms with van der Waals surface area (Å²) < 4.78 is 64.6. The lowest BCUT2D eigenvalue weighted by Crippen LogP contribution is -2.42. The molecular weight excluding hydrogens is 405 g/mol. The van der Waals surface area contributed by atoms with Gasteiger partial charge < -0.3 is 5.32 Å². The van der Waals surface area contributed by atoms with Crippen LogP contribution in [0.3, 0.4) is 0 Å². The first-order valence-electron chi connectivity index (χ1n) is 9.17. The fourth-order valence-corrected chi connectivity index (χ4v) is 4.72. The number of amides is 1. The highest BCUT2D eigenvalue weighted by molar-refractivity contribution is 7.89. The lowest BCUT2D eigenvalue weighted by molar-refractivity contribution is -0.137. The summed E-state index contributed by atoms with van der Waals surface area (Å²) in [7, 11) is -3.89. The average molecular weight is 426 g/mol. The Balaban J connectivity index is 1.57. The summed E-state index contributed by atoms with van der Waals surface area (Å²) in [6.45, 7) is 0.698. The van der Waals surface area contributed by atoms with E-state index in [0.717, 1.165) is 29.8 Å². The van der Waals surface area contributed by atoms with Gasteiger partial charge in [-0.1, -0.05) is 30.3 Å². The topological polar surface area (TPSA) is 66.5 Å². The molecule has 0 bridgehead atoms. The number of sulfonamides is 1. The van der Waals surface area contributed by atoms with Gasteiger partial charge in [-0.15, -0.1) is 0 Å². The van der Waals surface area contributed by atoms with Crippen molar-refractivity contribution in [3.63, 3.8) is 0 Å². The lowest BCUT2D eigenvalue weighted by Gasteiger charge is -2.30. The van der Waals surface area contributed by atoms with Crippen LogP contribution in [0, 0.1) is 5.92 Å². The molecule has 0 unspecified atom stereocenters. The third-order valence-electron chi connectivity index (χ3n) is 4.95. The third-order valence-corrected chi connectivity index (χ3v) is 6.87. The molecule has 3 rings (SSSR count). The number of piperidine rings is 1. The molecule has 1 amide bonds. The summed E-state index contributed by atoms with van der Waals surface area (Å²) in [6, 6.07) is 12.9. The predicted octanol–water partition coefficient (Wildman–Crippen LogP) is 3.42. The van der Waals surface area contributed by atoms with E-state index < -0.39 is 21.8 Å². The Morgan fingerprint density at radius 2 is 1.59 bits per heavy atom. The molecule has 1 fully saturated rings. The van der Waals surface area contributed by atoms with Crippen LogP contribution in [0.25, 0.3) is 0 Å². The smallest absolute Gasteiger partial charge is 0.352 e. The van der Waals surface area contributed by atoms with Crippen LogP contribution < -0.4 is 5.32 Å². The highest BCUT2D eigenvalue weighted by atomic mass is 32.2. The quantitative estimate of drug-likeness (QED) is 0.797. The summed E-state index contributed by atoms with van der Waals surface area (Å²) >= 11 is 0. The zero-order chi connectivity index (χ0) is 21.1. The maximum atomic E-state index is 12.7. The van der Waals surface area contributed by atoms with Gasteiger partial charge in [0, 0.05) is 25.6 Å². The molecule has 2 aromatic rings. The lowest BCUT2D eigenvalue weighted by atomic mass is 9.97. The molecule has 9 heteroatoms. The van der Waals surface area contributed by atoms with Crippen LogP contribution in [-0.2, 0) is 27.5 Å². The number of nitrogens with zero attached hydrogens (tertiary/aromatic N) is 1. The Labute approximate surface area is 167 Å². The highest BCUT2D eigenvalue weighted by Gasteiger charge is 2.34. The SMILES string of the molecule is O=C(NCc1ccccc1)C1CCN(S(=O)(=O)c2ccc(C(F)(F)F)cc2)CC1. The first kappa shape index (κ1) is 21.3. The van der Waals surface area contributed by atoms with Crippen LogP contribution in [-0.4, -0.2) is 31.7 Å². The van der Waals surface area contributed by atoms with Crippen LogP contribution in [0.2, 0.25) is 0 Å². The van der Waals surface area contributed by atoms with E-state index in [1.807, 2.05) is 30.3 Å². The van der Waals surface area contributed by atoms with Gasteiger partial charge >= 0.3 is 6.18 Å². The molecule has 1 aliphatic heterocycles. The van der Waals surface area contributed by atoms with Crippen LogP contribution >= 0.6 is 0 Å². The standard InChI is InChI=1S/C20H21F3N2O3S/c21-20(22,23)17-6-8-18(9-7-17)29(27,28)25-12-10-16(11-13-25)19(26)24-14-15-4-2-1-3-5-15/h1-9,16H,10-14H2,(H,24,26). The number of rotatable bonds is 5. The molecule has 1 N–H and O–H groups in total. The van der Waals surface area contributed by atoms with E-state index in [1.165, 1.54) is 4.31 Å². The number of hydrogen-bond donors (Lipinski definition) is 1. The maximum absolute atomic E-state index is 12.7. The largest absolute Gasteiger partial charge is 0.416 e. The number of benzene rings is 2. The van der Waals surface area contributed by atoms with E-state index in [0.29, 0.717) is 19.4 Å². The van der Waals surface area contributed by atoms with E-state index in [2.05, 4.69) is 5.32 Å². The Morgan fingerprint density at radius 1 is 1.00 bits per heavy atom. The van der Waals surface area contributed by atoms with Gasteiger partial charge in [-0.25, -0.2) is 8.42 Å². The molecular formula is C20H21F3N2O3S. The second kappa shape index (κ2) is 8.54. The zero-order valence-electron chi connectivity index (χ0n) is 15.5. The minimum atomic E-state index is -4.52. The van der Waals surface area contributed by atoms with E-state index in [4.69, 9.17) is 0 Å².